The number of nitrogens with zero attached hydrogens (tertiary/aromatic N) is 2. The Hall–Kier alpha value is -3.48. The molecular weight excluding hydrogens is 442 g/mol. The van der Waals surface area contributed by atoms with Gasteiger partial charge in [0.15, 0.2) is 0 Å². The molecule has 1 fully saturated rings. The van der Waals surface area contributed by atoms with E-state index in [4.69, 9.17) is 9.47 Å². The molecule has 1 saturated carbocycles. The summed E-state index contributed by atoms with van der Waals surface area (Å²) in [5.74, 6) is 1.22. The molecule has 2 heterocycles. The van der Waals surface area contributed by atoms with Crippen molar-refractivity contribution in [3.05, 3.63) is 59.8 Å². The van der Waals surface area contributed by atoms with Gasteiger partial charge in [0.05, 0.1) is 20.8 Å². The SMILES string of the molecule is COc1ccc(CCN2C(=O)c3cc4ccccc4n3C[C@@]2(C)C(=O)NC2CCCC2)c(OC)c1. The number of carbonyl (C=O) groups is 2. The second-order valence-corrected chi connectivity index (χ2v) is 9.79. The molecule has 1 aliphatic heterocycles. The van der Waals surface area contributed by atoms with Crippen LogP contribution in [0.15, 0.2) is 48.5 Å². The van der Waals surface area contributed by atoms with E-state index in [0.717, 1.165) is 42.1 Å². The van der Waals surface area contributed by atoms with Gasteiger partial charge in [-0.15, -0.1) is 0 Å². The van der Waals surface area contributed by atoms with Crippen LogP contribution < -0.4 is 14.8 Å². The van der Waals surface area contributed by atoms with Gasteiger partial charge < -0.3 is 24.3 Å². The third-order valence-electron chi connectivity index (χ3n) is 7.62. The van der Waals surface area contributed by atoms with Gasteiger partial charge in [0, 0.05) is 29.6 Å². The number of amides is 2. The molecule has 1 N–H and O–H groups in total. The lowest BCUT2D eigenvalue weighted by Crippen LogP contribution is -2.65. The molecule has 0 unspecified atom stereocenters. The van der Waals surface area contributed by atoms with Gasteiger partial charge in [-0.2, -0.15) is 0 Å². The summed E-state index contributed by atoms with van der Waals surface area (Å²) >= 11 is 0. The van der Waals surface area contributed by atoms with Crippen LogP contribution in [0, 0.1) is 0 Å². The molecule has 0 saturated heterocycles. The fourth-order valence-corrected chi connectivity index (χ4v) is 5.56. The van der Waals surface area contributed by atoms with Gasteiger partial charge in [-0.1, -0.05) is 37.1 Å². The minimum absolute atomic E-state index is 0.0807. The van der Waals surface area contributed by atoms with Crippen molar-refractivity contribution in [2.24, 2.45) is 0 Å². The van der Waals surface area contributed by atoms with Gasteiger partial charge in [0.2, 0.25) is 5.91 Å². The molecule has 2 aliphatic rings. The Labute approximate surface area is 206 Å². The van der Waals surface area contributed by atoms with Crippen LogP contribution in [-0.4, -0.2) is 53.6 Å². The molecule has 5 rings (SSSR count). The summed E-state index contributed by atoms with van der Waals surface area (Å²) in [6, 6.07) is 15.8. The fourth-order valence-electron chi connectivity index (χ4n) is 5.56. The minimum Gasteiger partial charge on any atom is -0.497 e. The van der Waals surface area contributed by atoms with Crippen LogP contribution in [-0.2, 0) is 17.8 Å². The van der Waals surface area contributed by atoms with Crippen molar-refractivity contribution < 1.29 is 19.1 Å². The maximum atomic E-state index is 13.9. The van der Waals surface area contributed by atoms with Gasteiger partial charge in [-0.3, -0.25) is 9.59 Å². The molecule has 1 atom stereocenters. The summed E-state index contributed by atoms with van der Waals surface area (Å²) < 4.78 is 12.9. The van der Waals surface area contributed by atoms with E-state index in [1.807, 2.05) is 60.0 Å². The Morgan fingerprint density at radius 2 is 1.86 bits per heavy atom. The monoisotopic (exact) mass is 475 g/mol. The molecule has 0 radical (unpaired) electrons. The average molecular weight is 476 g/mol. The number of carbonyl (C=O) groups excluding carboxylic acids is 2. The number of hydrogen-bond donors (Lipinski definition) is 1. The molecule has 0 bridgehead atoms. The molecule has 1 aliphatic carbocycles. The summed E-state index contributed by atoms with van der Waals surface area (Å²) in [6.45, 7) is 2.72. The topological polar surface area (TPSA) is 72.8 Å². The second-order valence-electron chi connectivity index (χ2n) is 9.79. The van der Waals surface area contributed by atoms with Crippen molar-refractivity contribution in [3.63, 3.8) is 0 Å². The number of hydrogen-bond acceptors (Lipinski definition) is 4. The van der Waals surface area contributed by atoms with Crippen LogP contribution in [0.3, 0.4) is 0 Å². The van der Waals surface area contributed by atoms with Crippen LogP contribution >= 0.6 is 0 Å². The lowest BCUT2D eigenvalue weighted by molar-refractivity contribution is -0.133. The van der Waals surface area contributed by atoms with Crippen LogP contribution in [0.25, 0.3) is 10.9 Å². The summed E-state index contributed by atoms with van der Waals surface area (Å²) in [6.07, 6.45) is 4.82. The number of nitrogens with one attached hydrogen (secondary N) is 1. The first kappa shape index (κ1) is 23.3. The third kappa shape index (κ3) is 4.13. The number of rotatable bonds is 7. The molecule has 3 aromatic rings. The summed E-state index contributed by atoms with van der Waals surface area (Å²) in [5, 5.41) is 4.27. The Morgan fingerprint density at radius 1 is 1.09 bits per heavy atom. The standard InChI is InChI=1S/C28H33N3O4/c1-28(27(33)29-21-9-5-6-10-21)18-30-23-11-7-4-8-20(23)16-24(30)26(32)31(28)15-14-19-12-13-22(34-2)17-25(19)35-3/h4,7-8,11-13,16-17,21H,5-6,9-10,14-15,18H2,1-3H3,(H,29,33)/t28-/m0/s1. The maximum absolute atomic E-state index is 13.9. The normalized spacial score (nSPS) is 20.2. The van der Waals surface area contributed by atoms with Crippen LogP contribution in [0.1, 0.15) is 48.7 Å². The van der Waals surface area contributed by atoms with Gasteiger partial charge in [0.1, 0.15) is 22.7 Å². The van der Waals surface area contributed by atoms with Crippen molar-refractivity contribution in [1.29, 1.82) is 0 Å². The van der Waals surface area contributed by atoms with Crippen LogP contribution in [0.2, 0.25) is 0 Å². The Morgan fingerprint density at radius 3 is 2.60 bits per heavy atom. The van der Waals surface area contributed by atoms with Gasteiger partial charge in [-0.05, 0) is 49.9 Å². The quantitative estimate of drug-likeness (QED) is 0.557. The predicted molar refractivity (Wildman–Crippen MR) is 135 cm³/mol. The number of benzene rings is 2. The Bertz CT molecular complexity index is 1260. The lowest BCUT2D eigenvalue weighted by Gasteiger charge is -2.44. The molecule has 7 nitrogen and oxygen atoms in total. The first-order valence-electron chi connectivity index (χ1n) is 12.4. The maximum Gasteiger partial charge on any atom is 0.271 e. The Kier molecular flexibility index (Phi) is 6.17. The molecule has 2 aromatic carbocycles. The number of fused-ring (bicyclic) bond motifs is 3. The van der Waals surface area contributed by atoms with Crippen molar-refractivity contribution in [2.45, 2.75) is 57.2 Å². The molecular formula is C28H33N3O4. The minimum atomic E-state index is -1.01. The zero-order valence-electron chi connectivity index (χ0n) is 20.7. The second kappa shape index (κ2) is 9.29. The van der Waals surface area contributed by atoms with Crippen molar-refractivity contribution in [2.75, 3.05) is 20.8 Å². The highest BCUT2D eigenvalue weighted by atomic mass is 16.5. The van der Waals surface area contributed by atoms with Gasteiger partial charge >= 0.3 is 0 Å². The van der Waals surface area contributed by atoms with E-state index in [-0.39, 0.29) is 17.9 Å². The van der Waals surface area contributed by atoms with E-state index >= 15 is 0 Å². The number of aromatic nitrogens is 1. The first-order valence-corrected chi connectivity index (χ1v) is 12.4. The number of methoxy groups -OCH3 is 2. The first-order chi connectivity index (χ1) is 16.9. The molecule has 1 aromatic heterocycles. The summed E-state index contributed by atoms with van der Waals surface area (Å²) in [7, 11) is 3.25. The van der Waals surface area contributed by atoms with Crippen LogP contribution in [0.4, 0.5) is 0 Å². The van der Waals surface area contributed by atoms with E-state index in [9.17, 15) is 9.59 Å². The third-order valence-corrected chi connectivity index (χ3v) is 7.62. The van der Waals surface area contributed by atoms with E-state index in [1.54, 1.807) is 19.1 Å². The predicted octanol–water partition coefficient (Wildman–Crippen LogP) is 4.17. The molecule has 35 heavy (non-hydrogen) atoms. The van der Waals surface area contributed by atoms with Crippen molar-refractivity contribution in [1.82, 2.24) is 14.8 Å². The molecule has 184 valence electrons. The van der Waals surface area contributed by atoms with E-state index in [2.05, 4.69) is 5.32 Å². The smallest absolute Gasteiger partial charge is 0.271 e. The highest BCUT2D eigenvalue weighted by molar-refractivity contribution is 6.03. The summed E-state index contributed by atoms with van der Waals surface area (Å²) in [4.78, 5) is 29.4. The zero-order chi connectivity index (χ0) is 24.6. The highest BCUT2D eigenvalue weighted by Crippen LogP contribution is 2.34. The lowest BCUT2D eigenvalue weighted by atomic mass is 9.93. The fraction of sp³-hybridized carbons (Fsp3) is 0.429. The molecule has 7 heteroatoms. The zero-order valence-corrected chi connectivity index (χ0v) is 20.7. The highest BCUT2D eigenvalue weighted by Gasteiger charge is 2.48. The average Bonchev–Trinajstić information content (AvgIpc) is 3.52. The van der Waals surface area contributed by atoms with Crippen LogP contribution in [0.5, 0.6) is 11.5 Å². The van der Waals surface area contributed by atoms with E-state index in [0.29, 0.717) is 36.7 Å². The van der Waals surface area contributed by atoms with E-state index in [1.165, 1.54) is 0 Å². The Balaban J connectivity index is 1.49. The molecule has 2 amide bonds. The van der Waals surface area contributed by atoms with Crippen molar-refractivity contribution >= 4 is 22.7 Å². The summed E-state index contributed by atoms with van der Waals surface area (Å²) in [5.41, 5.74) is 1.56. The molecule has 0 spiro atoms. The van der Waals surface area contributed by atoms with Crippen molar-refractivity contribution in [3.8, 4) is 11.5 Å². The largest absolute Gasteiger partial charge is 0.497 e. The van der Waals surface area contributed by atoms with Gasteiger partial charge in [-0.25, -0.2) is 0 Å². The number of para-hydroxylation sites is 1. The van der Waals surface area contributed by atoms with Gasteiger partial charge in [0.25, 0.3) is 5.91 Å². The van der Waals surface area contributed by atoms with E-state index < -0.39 is 5.54 Å². The number of ether oxygens (including phenoxy) is 2.